The van der Waals surface area contributed by atoms with Gasteiger partial charge in [0.1, 0.15) is 0 Å². The molecule has 3 aromatic carbocycles. The van der Waals surface area contributed by atoms with Crippen molar-refractivity contribution in [1.29, 1.82) is 0 Å². The average molecular weight is 428 g/mol. The van der Waals surface area contributed by atoms with Crippen LogP contribution >= 0.6 is 11.8 Å². The molecule has 0 saturated carbocycles. The van der Waals surface area contributed by atoms with E-state index in [0.29, 0.717) is 18.0 Å². The number of aromatic nitrogens is 1. The SMILES string of the molecule is O=C(Cc1ccc2cc[nH]c2c1)Nc1ccc2c(c1)N(Cc1ccccc1)C(=O)CS2. The fraction of sp³-hybridized carbons (Fsp3) is 0.120. The average Bonchev–Trinajstić information content (AvgIpc) is 3.24. The molecule has 154 valence electrons. The minimum Gasteiger partial charge on any atom is -0.361 e. The molecular weight excluding hydrogens is 406 g/mol. The Bertz CT molecular complexity index is 1270. The zero-order chi connectivity index (χ0) is 21.2. The van der Waals surface area contributed by atoms with Gasteiger partial charge in [0.2, 0.25) is 11.8 Å². The van der Waals surface area contributed by atoms with E-state index in [9.17, 15) is 9.59 Å². The van der Waals surface area contributed by atoms with Gasteiger partial charge in [-0.15, -0.1) is 11.8 Å². The molecule has 1 aliphatic rings. The number of H-pyrrole nitrogens is 1. The van der Waals surface area contributed by atoms with Gasteiger partial charge in [0.15, 0.2) is 0 Å². The molecule has 0 atom stereocenters. The topological polar surface area (TPSA) is 65.2 Å². The standard InChI is InChI=1S/C25H21N3O2S/c29-24(13-18-6-7-19-10-11-26-21(19)12-18)27-20-8-9-23-22(14-20)28(25(30)16-31-23)15-17-4-2-1-3-5-17/h1-12,14,26H,13,15-16H2,(H,27,29). The van der Waals surface area contributed by atoms with Crippen LogP contribution in [-0.4, -0.2) is 22.6 Å². The maximum Gasteiger partial charge on any atom is 0.237 e. The van der Waals surface area contributed by atoms with Crippen molar-refractivity contribution in [3.63, 3.8) is 0 Å². The number of aromatic amines is 1. The van der Waals surface area contributed by atoms with Crippen LogP contribution in [0.3, 0.4) is 0 Å². The molecule has 0 fully saturated rings. The number of rotatable bonds is 5. The summed E-state index contributed by atoms with van der Waals surface area (Å²) < 4.78 is 0. The molecule has 4 aromatic rings. The normalized spacial score (nSPS) is 13.3. The van der Waals surface area contributed by atoms with E-state index in [4.69, 9.17) is 0 Å². The lowest BCUT2D eigenvalue weighted by molar-refractivity contribution is -0.116. The predicted octanol–water partition coefficient (Wildman–Crippen LogP) is 4.99. The minimum atomic E-state index is -0.0877. The number of hydrogen-bond donors (Lipinski definition) is 2. The van der Waals surface area contributed by atoms with Gasteiger partial charge in [0.25, 0.3) is 0 Å². The molecule has 2 N–H and O–H groups in total. The molecule has 0 aliphatic carbocycles. The van der Waals surface area contributed by atoms with Gasteiger partial charge in [-0.25, -0.2) is 0 Å². The second-order valence-electron chi connectivity index (χ2n) is 7.56. The number of carbonyl (C=O) groups is 2. The number of hydrogen-bond acceptors (Lipinski definition) is 3. The summed E-state index contributed by atoms with van der Waals surface area (Å²) >= 11 is 1.54. The maximum atomic E-state index is 12.7. The van der Waals surface area contributed by atoms with Crippen LogP contribution in [0.1, 0.15) is 11.1 Å². The fourth-order valence-electron chi connectivity index (χ4n) is 3.81. The Balaban J connectivity index is 1.34. The van der Waals surface area contributed by atoms with Crippen LogP contribution < -0.4 is 10.2 Å². The highest BCUT2D eigenvalue weighted by molar-refractivity contribution is 8.00. The number of amides is 2. The van der Waals surface area contributed by atoms with E-state index in [0.717, 1.165) is 32.6 Å². The number of nitrogens with one attached hydrogen (secondary N) is 2. The first-order chi connectivity index (χ1) is 15.2. The van der Waals surface area contributed by atoms with E-state index in [-0.39, 0.29) is 18.2 Å². The first kappa shape index (κ1) is 19.5. The molecule has 2 amide bonds. The van der Waals surface area contributed by atoms with Gasteiger partial charge in [-0.05, 0) is 46.8 Å². The largest absolute Gasteiger partial charge is 0.361 e. The van der Waals surface area contributed by atoms with Crippen molar-refractivity contribution in [2.45, 2.75) is 17.9 Å². The molecule has 6 heteroatoms. The van der Waals surface area contributed by atoms with Crippen LogP contribution in [0.15, 0.2) is 83.9 Å². The monoisotopic (exact) mass is 427 g/mol. The number of fused-ring (bicyclic) bond motifs is 2. The third kappa shape index (κ3) is 4.20. The summed E-state index contributed by atoms with van der Waals surface area (Å²) in [5.41, 5.74) is 4.57. The van der Waals surface area contributed by atoms with Gasteiger partial charge in [0, 0.05) is 22.3 Å². The van der Waals surface area contributed by atoms with Gasteiger partial charge < -0.3 is 15.2 Å². The van der Waals surface area contributed by atoms with Gasteiger partial charge in [-0.1, -0.05) is 42.5 Å². The minimum absolute atomic E-state index is 0.0732. The van der Waals surface area contributed by atoms with E-state index in [1.807, 2.05) is 79.0 Å². The number of thioether (sulfide) groups is 1. The molecule has 0 bridgehead atoms. The number of carbonyl (C=O) groups excluding carboxylic acids is 2. The van der Waals surface area contributed by atoms with Crippen molar-refractivity contribution in [2.24, 2.45) is 0 Å². The molecule has 5 rings (SSSR count). The highest BCUT2D eigenvalue weighted by Crippen LogP contribution is 2.38. The summed E-state index contributed by atoms with van der Waals surface area (Å²) in [7, 11) is 0. The number of nitrogens with zero attached hydrogens (tertiary/aromatic N) is 1. The van der Waals surface area contributed by atoms with Gasteiger partial charge >= 0.3 is 0 Å². The van der Waals surface area contributed by atoms with Gasteiger partial charge in [-0.2, -0.15) is 0 Å². The fourth-order valence-corrected chi connectivity index (χ4v) is 4.73. The van der Waals surface area contributed by atoms with E-state index >= 15 is 0 Å². The van der Waals surface area contributed by atoms with Crippen molar-refractivity contribution in [2.75, 3.05) is 16.0 Å². The molecule has 0 unspecified atom stereocenters. The second kappa shape index (κ2) is 8.32. The third-order valence-electron chi connectivity index (χ3n) is 5.35. The summed E-state index contributed by atoms with van der Waals surface area (Å²) in [6.07, 6.45) is 2.18. The zero-order valence-corrected chi connectivity index (χ0v) is 17.6. The van der Waals surface area contributed by atoms with Crippen LogP contribution in [0, 0.1) is 0 Å². The lowest BCUT2D eigenvalue weighted by Gasteiger charge is -2.29. The summed E-state index contributed by atoms with van der Waals surface area (Å²) in [4.78, 5) is 31.3. The highest BCUT2D eigenvalue weighted by Gasteiger charge is 2.25. The first-order valence-electron chi connectivity index (χ1n) is 10.1. The summed E-state index contributed by atoms with van der Waals surface area (Å²) in [6.45, 7) is 0.515. The third-order valence-corrected chi connectivity index (χ3v) is 6.40. The Kier molecular flexibility index (Phi) is 5.22. The summed E-state index contributed by atoms with van der Waals surface area (Å²) in [5, 5.41) is 4.11. The number of anilines is 2. The summed E-state index contributed by atoms with van der Waals surface area (Å²) in [5.74, 6) is 0.409. The van der Waals surface area contributed by atoms with Crippen molar-refractivity contribution in [1.82, 2.24) is 4.98 Å². The second-order valence-corrected chi connectivity index (χ2v) is 8.58. The van der Waals surface area contributed by atoms with Crippen LogP contribution in [0.5, 0.6) is 0 Å². The Hall–Kier alpha value is -3.51. The Morgan fingerprint density at radius 1 is 1.00 bits per heavy atom. The van der Waals surface area contributed by atoms with Gasteiger partial charge in [-0.3, -0.25) is 9.59 Å². The Morgan fingerprint density at radius 3 is 2.74 bits per heavy atom. The molecule has 5 nitrogen and oxygen atoms in total. The lowest BCUT2D eigenvalue weighted by Crippen LogP contribution is -2.34. The Morgan fingerprint density at radius 2 is 1.87 bits per heavy atom. The smallest absolute Gasteiger partial charge is 0.237 e. The van der Waals surface area contributed by atoms with Gasteiger partial charge in [0.05, 0.1) is 24.4 Å². The van der Waals surface area contributed by atoms with E-state index in [1.165, 1.54) is 11.8 Å². The molecule has 1 aromatic heterocycles. The van der Waals surface area contributed by atoms with E-state index in [1.54, 1.807) is 4.90 Å². The van der Waals surface area contributed by atoms with Crippen molar-refractivity contribution in [3.8, 4) is 0 Å². The molecule has 31 heavy (non-hydrogen) atoms. The quantitative estimate of drug-likeness (QED) is 0.472. The lowest BCUT2D eigenvalue weighted by atomic mass is 10.1. The maximum absolute atomic E-state index is 12.7. The van der Waals surface area contributed by atoms with E-state index in [2.05, 4.69) is 10.3 Å². The van der Waals surface area contributed by atoms with Crippen molar-refractivity contribution < 1.29 is 9.59 Å². The van der Waals surface area contributed by atoms with Crippen LogP contribution in [-0.2, 0) is 22.6 Å². The Labute approximate surface area is 184 Å². The summed E-state index contributed by atoms with van der Waals surface area (Å²) in [6, 6.07) is 23.7. The molecule has 0 spiro atoms. The molecule has 0 saturated heterocycles. The van der Waals surface area contributed by atoms with Crippen LogP contribution in [0.2, 0.25) is 0 Å². The first-order valence-corrected chi connectivity index (χ1v) is 11.1. The van der Waals surface area contributed by atoms with Crippen LogP contribution in [0.25, 0.3) is 10.9 Å². The van der Waals surface area contributed by atoms with Crippen molar-refractivity contribution >= 4 is 45.9 Å². The molecule has 0 radical (unpaired) electrons. The molecule has 1 aliphatic heterocycles. The zero-order valence-electron chi connectivity index (χ0n) is 16.8. The van der Waals surface area contributed by atoms with E-state index < -0.39 is 0 Å². The predicted molar refractivity (Wildman–Crippen MR) is 125 cm³/mol. The number of benzene rings is 3. The molecular formula is C25H21N3O2S. The highest BCUT2D eigenvalue weighted by atomic mass is 32.2. The molecule has 2 heterocycles. The van der Waals surface area contributed by atoms with Crippen molar-refractivity contribution in [3.05, 3.63) is 90.1 Å². The van der Waals surface area contributed by atoms with Crippen LogP contribution in [0.4, 0.5) is 11.4 Å².